The van der Waals surface area contributed by atoms with Gasteiger partial charge in [-0.25, -0.2) is 0 Å². The number of pyridine rings is 1. The second-order valence-electron chi connectivity index (χ2n) is 4.44. The van der Waals surface area contributed by atoms with Crippen molar-refractivity contribution in [3.05, 3.63) is 30.1 Å². The molecule has 76 valence electrons. The van der Waals surface area contributed by atoms with Crippen LogP contribution < -0.4 is 4.73 Å². The zero-order valence-electron chi connectivity index (χ0n) is 8.82. The number of hydrogen-bond donors (Lipinski definition) is 1. The molecule has 0 aromatic carbocycles. The van der Waals surface area contributed by atoms with Crippen molar-refractivity contribution in [2.45, 2.75) is 27.2 Å². The summed E-state index contributed by atoms with van der Waals surface area (Å²) in [7, 11) is 0. The van der Waals surface area contributed by atoms with Crippen LogP contribution in [-0.2, 0) is 11.2 Å². The Morgan fingerprint density at radius 2 is 1.86 bits per heavy atom. The molecule has 1 aromatic rings. The molecule has 0 aliphatic carbocycles. The lowest BCUT2D eigenvalue weighted by Gasteiger charge is -2.15. The third-order valence-electron chi connectivity index (χ3n) is 2.08. The van der Waals surface area contributed by atoms with Gasteiger partial charge >= 0.3 is 0 Å². The van der Waals surface area contributed by atoms with E-state index in [9.17, 15) is 4.79 Å². The standard InChI is InChI=1S/C11H16NO2/c1-11(2,3)10(13)8-9-4-6-12(14)7-5-9/h4-7,14H,8H2,1-3H3/q+1. The Morgan fingerprint density at radius 3 is 2.29 bits per heavy atom. The minimum Gasteiger partial charge on any atom is -0.299 e. The van der Waals surface area contributed by atoms with Crippen LogP contribution in [-0.4, -0.2) is 11.0 Å². The van der Waals surface area contributed by atoms with E-state index in [4.69, 9.17) is 5.21 Å². The summed E-state index contributed by atoms with van der Waals surface area (Å²) in [6.07, 6.45) is 3.46. The Bertz CT molecular complexity index is 322. The fourth-order valence-corrected chi connectivity index (χ4v) is 1.02. The maximum Gasteiger partial charge on any atom is 0.222 e. The Morgan fingerprint density at radius 1 is 1.36 bits per heavy atom. The van der Waals surface area contributed by atoms with Crippen LogP contribution in [0.5, 0.6) is 0 Å². The molecule has 3 nitrogen and oxygen atoms in total. The van der Waals surface area contributed by atoms with Crippen molar-refractivity contribution in [3.63, 3.8) is 0 Å². The summed E-state index contributed by atoms with van der Waals surface area (Å²) in [5.41, 5.74) is 0.626. The van der Waals surface area contributed by atoms with E-state index in [1.54, 1.807) is 12.1 Å². The van der Waals surface area contributed by atoms with E-state index < -0.39 is 0 Å². The monoisotopic (exact) mass is 194 g/mol. The normalized spacial score (nSPS) is 11.4. The molecule has 0 saturated carbocycles. The van der Waals surface area contributed by atoms with Crippen molar-refractivity contribution in [2.24, 2.45) is 5.41 Å². The lowest BCUT2D eigenvalue weighted by Crippen LogP contribution is -2.28. The van der Waals surface area contributed by atoms with Crippen LogP contribution in [0.4, 0.5) is 0 Å². The summed E-state index contributed by atoms with van der Waals surface area (Å²) in [6, 6.07) is 3.48. The van der Waals surface area contributed by atoms with E-state index in [1.807, 2.05) is 20.8 Å². The second kappa shape index (κ2) is 3.78. The molecule has 0 amide bonds. The summed E-state index contributed by atoms with van der Waals surface area (Å²) in [5.74, 6) is 0.202. The largest absolute Gasteiger partial charge is 0.299 e. The number of nitrogens with zero attached hydrogens (tertiary/aromatic N) is 1. The Hall–Kier alpha value is -1.38. The summed E-state index contributed by atoms with van der Waals surface area (Å²) >= 11 is 0. The Labute approximate surface area is 84.0 Å². The first-order valence-corrected chi connectivity index (χ1v) is 4.62. The molecule has 0 aliphatic heterocycles. The predicted octanol–water partition coefficient (Wildman–Crippen LogP) is 1.37. The molecule has 0 aliphatic rings. The smallest absolute Gasteiger partial charge is 0.222 e. The number of hydrogen-bond acceptors (Lipinski definition) is 2. The van der Waals surface area contributed by atoms with E-state index in [1.165, 1.54) is 12.4 Å². The number of rotatable bonds is 2. The topological polar surface area (TPSA) is 41.2 Å². The van der Waals surface area contributed by atoms with Crippen molar-refractivity contribution in [1.29, 1.82) is 0 Å². The zero-order chi connectivity index (χ0) is 10.8. The summed E-state index contributed by atoms with van der Waals surface area (Å²) in [6.45, 7) is 5.72. The van der Waals surface area contributed by atoms with E-state index >= 15 is 0 Å². The minimum absolute atomic E-state index is 0.202. The lowest BCUT2D eigenvalue weighted by atomic mass is 9.87. The number of aromatic nitrogens is 1. The SMILES string of the molecule is CC(C)(C)C(=O)Cc1cc[n+](O)cc1. The average molecular weight is 194 g/mol. The van der Waals surface area contributed by atoms with Gasteiger partial charge in [-0.15, -0.1) is 0 Å². The fourth-order valence-electron chi connectivity index (χ4n) is 1.02. The van der Waals surface area contributed by atoms with Gasteiger partial charge in [-0.1, -0.05) is 20.8 Å². The lowest BCUT2D eigenvalue weighted by molar-refractivity contribution is -0.904. The van der Waals surface area contributed by atoms with Gasteiger partial charge in [0, 0.05) is 28.7 Å². The molecule has 1 rings (SSSR count). The van der Waals surface area contributed by atoms with Crippen molar-refractivity contribution in [1.82, 2.24) is 0 Å². The first-order valence-electron chi connectivity index (χ1n) is 4.62. The zero-order valence-corrected chi connectivity index (χ0v) is 8.82. The van der Waals surface area contributed by atoms with E-state index in [0.717, 1.165) is 10.3 Å². The molecule has 14 heavy (non-hydrogen) atoms. The van der Waals surface area contributed by atoms with E-state index in [-0.39, 0.29) is 11.2 Å². The first kappa shape index (κ1) is 10.7. The quantitative estimate of drug-likeness (QED) is 0.570. The molecular formula is C11H16NO2+. The minimum atomic E-state index is -0.301. The third kappa shape index (κ3) is 2.83. The molecule has 0 radical (unpaired) electrons. The second-order valence-corrected chi connectivity index (χ2v) is 4.44. The van der Waals surface area contributed by atoms with Crippen LogP contribution in [0.25, 0.3) is 0 Å². The van der Waals surface area contributed by atoms with Crippen LogP contribution in [0.2, 0.25) is 0 Å². The highest BCUT2D eigenvalue weighted by molar-refractivity contribution is 5.85. The Kier molecular flexibility index (Phi) is 2.89. The molecular weight excluding hydrogens is 178 g/mol. The van der Waals surface area contributed by atoms with Gasteiger partial charge in [0.05, 0.1) is 0 Å². The highest BCUT2D eigenvalue weighted by Gasteiger charge is 2.21. The molecule has 1 N–H and O–H groups in total. The highest BCUT2D eigenvalue weighted by atomic mass is 16.5. The van der Waals surface area contributed by atoms with E-state index in [2.05, 4.69) is 0 Å². The summed E-state index contributed by atoms with van der Waals surface area (Å²) in [4.78, 5) is 11.6. The number of ketones is 1. The predicted molar refractivity (Wildman–Crippen MR) is 52.0 cm³/mol. The van der Waals surface area contributed by atoms with Crippen molar-refractivity contribution < 1.29 is 14.7 Å². The van der Waals surface area contributed by atoms with Crippen LogP contribution >= 0.6 is 0 Å². The van der Waals surface area contributed by atoms with Gasteiger partial charge < -0.3 is 0 Å². The molecule has 0 saturated heterocycles. The van der Waals surface area contributed by atoms with Crippen LogP contribution in [0.15, 0.2) is 24.5 Å². The Balaban J connectivity index is 2.71. The molecule has 0 unspecified atom stereocenters. The first-order chi connectivity index (χ1) is 6.39. The van der Waals surface area contributed by atoms with Gasteiger partial charge in [0.2, 0.25) is 12.4 Å². The van der Waals surface area contributed by atoms with Gasteiger partial charge in [0.15, 0.2) is 0 Å². The number of Topliss-reactive ketones (excluding diaryl/α,β-unsaturated/α-hetero) is 1. The number of carbonyl (C=O) groups is 1. The van der Waals surface area contributed by atoms with Gasteiger partial charge in [0.1, 0.15) is 5.78 Å². The van der Waals surface area contributed by atoms with Crippen molar-refractivity contribution in [3.8, 4) is 0 Å². The number of carbonyl (C=O) groups excluding carboxylic acids is 1. The van der Waals surface area contributed by atoms with E-state index in [0.29, 0.717) is 6.42 Å². The van der Waals surface area contributed by atoms with Crippen LogP contribution in [0.1, 0.15) is 26.3 Å². The van der Waals surface area contributed by atoms with Gasteiger partial charge in [-0.2, -0.15) is 0 Å². The molecule has 0 atom stereocenters. The molecule has 3 heteroatoms. The molecule has 1 aromatic heterocycles. The fraction of sp³-hybridized carbons (Fsp3) is 0.455. The van der Waals surface area contributed by atoms with Gasteiger partial charge in [0.25, 0.3) is 0 Å². The van der Waals surface area contributed by atoms with Crippen molar-refractivity contribution in [2.75, 3.05) is 0 Å². The maximum atomic E-state index is 11.6. The molecule has 1 heterocycles. The molecule has 0 spiro atoms. The van der Waals surface area contributed by atoms with Crippen molar-refractivity contribution >= 4 is 5.78 Å². The summed E-state index contributed by atoms with van der Waals surface area (Å²) in [5, 5.41) is 8.98. The van der Waals surface area contributed by atoms with Crippen LogP contribution in [0.3, 0.4) is 0 Å². The highest BCUT2D eigenvalue weighted by Crippen LogP contribution is 2.17. The van der Waals surface area contributed by atoms with Gasteiger partial charge in [-0.05, 0) is 5.56 Å². The van der Waals surface area contributed by atoms with Crippen LogP contribution in [0, 0.1) is 5.41 Å². The van der Waals surface area contributed by atoms with Gasteiger partial charge in [-0.3, -0.25) is 10.0 Å². The molecule has 0 bridgehead atoms. The third-order valence-corrected chi connectivity index (χ3v) is 2.08. The summed E-state index contributed by atoms with van der Waals surface area (Å²) < 4.78 is 0.963. The maximum absolute atomic E-state index is 11.6. The molecule has 0 fully saturated rings. The average Bonchev–Trinajstić information content (AvgIpc) is 2.07.